The molecule has 0 unspecified atom stereocenters. The van der Waals surface area contributed by atoms with Gasteiger partial charge in [-0.1, -0.05) is 97.1 Å². The molecule has 30 heavy (non-hydrogen) atoms. The van der Waals surface area contributed by atoms with Crippen molar-refractivity contribution >= 4 is 27.3 Å². The number of allylic oxidation sites excluding steroid dienone is 4. The molecule has 0 aliphatic rings. The first-order chi connectivity index (χ1) is 14.8. The van der Waals surface area contributed by atoms with Crippen LogP contribution in [0.2, 0.25) is 0 Å². The molecule has 0 atom stereocenters. The van der Waals surface area contributed by atoms with Crippen LogP contribution in [0.3, 0.4) is 0 Å². The van der Waals surface area contributed by atoms with Crippen LogP contribution in [0.1, 0.15) is 24.0 Å². The number of ketones is 1. The molecule has 0 aliphatic heterocycles. The van der Waals surface area contributed by atoms with Crippen molar-refractivity contribution in [3.05, 3.63) is 120 Å². The first-order valence-electron chi connectivity index (χ1n) is 10.6. The van der Waals surface area contributed by atoms with Crippen LogP contribution in [0.4, 0.5) is 0 Å². The molecule has 0 amide bonds. The molecular weight excluding hydrogens is 364 g/mol. The summed E-state index contributed by atoms with van der Waals surface area (Å²) in [5.41, 5.74) is 2.66. The predicted molar refractivity (Wildman–Crippen MR) is 128 cm³/mol. The third kappa shape index (κ3) is 4.93. The van der Waals surface area contributed by atoms with Crippen LogP contribution >= 0.6 is 0 Å². The first kappa shape index (κ1) is 19.8. The summed E-state index contributed by atoms with van der Waals surface area (Å²) in [7, 11) is 0. The Labute approximate surface area is 178 Å². The smallest absolute Gasteiger partial charge is 0.177 e. The van der Waals surface area contributed by atoms with Crippen molar-refractivity contribution in [2.45, 2.75) is 25.7 Å². The molecule has 0 spiro atoms. The number of fused-ring (bicyclic) bond motifs is 2. The minimum atomic E-state index is 0.0610. The third-order valence-electron chi connectivity index (χ3n) is 5.48. The van der Waals surface area contributed by atoms with E-state index in [-0.39, 0.29) is 5.78 Å². The van der Waals surface area contributed by atoms with E-state index in [1.807, 2.05) is 12.2 Å². The van der Waals surface area contributed by atoms with Gasteiger partial charge in [0.1, 0.15) is 0 Å². The first-order valence-corrected chi connectivity index (χ1v) is 10.6. The fourth-order valence-electron chi connectivity index (χ4n) is 3.95. The van der Waals surface area contributed by atoms with E-state index in [9.17, 15) is 4.79 Å². The highest BCUT2D eigenvalue weighted by Crippen LogP contribution is 2.21. The van der Waals surface area contributed by atoms with E-state index in [0.29, 0.717) is 0 Å². The SMILES string of the molecule is O=C(C=CCCc1cccc2ccccc12)C=CCCc1cccc2ccccc12. The highest BCUT2D eigenvalue weighted by Gasteiger charge is 2.00. The van der Waals surface area contributed by atoms with E-state index in [4.69, 9.17) is 0 Å². The second kappa shape index (κ2) is 9.84. The van der Waals surface area contributed by atoms with Crippen molar-refractivity contribution in [2.75, 3.05) is 0 Å². The summed E-state index contributed by atoms with van der Waals surface area (Å²) in [5, 5.41) is 5.13. The van der Waals surface area contributed by atoms with Crippen molar-refractivity contribution in [1.82, 2.24) is 0 Å². The van der Waals surface area contributed by atoms with Crippen molar-refractivity contribution < 1.29 is 4.79 Å². The van der Waals surface area contributed by atoms with Crippen molar-refractivity contribution in [3.63, 3.8) is 0 Å². The molecule has 0 fully saturated rings. The van der Waals surface area contributed by atoms with Gasteiger partial charge in [0, 0.05) is 0 Å². The Kier molecular flexibility index (Phi) is 6.51. The fraction of sp³-hybridized carbons (Fsp3) is 0.138. The molecule has 4 rings (SSSR count). The summed E-state index contributed by atoms with van der Waals surface area (Å²) in [6.07, 6.45) is 11.0. The van der Waals surface area contributed by atoms with Gasteiger partial charge in [-0.05, 0) is 70.5 Å². The lowest BCUT2D eigenvalue weighted by molar-refractivity contribution is -0.110. The minimum absolute atomic E-state index is 0.0610. The van der Waals surface area contributed by atoms with Crippen molar-refractivity contribution in [1.29, 1.82) is 0 Å². The molecule has 148 valence electrons. The van der Waals surface area contributed by atoms with Crippen LogP contribution in [-0.4, -0.2) is 5.78 Å². The van der Waals surface area contributed by atoms with Gasteiger partial charge in [-0.25, -0.2) is 0 Å². The van der Waals surface area contributed by atoms with Gasteiger partial charge in [0.25, 0.3) is 0 Å². The Morgan fingerprint density at radius 2 is 1.00 bits per heavy atom. The van der Waals surface area contributed by atoms with E-state index in [0.717, 1.165) is 25.7 Å². The van der Waals surface area contributed by atoms with Crippen LogP contribution in [0.15, 0.2) is 109 Å². The summed E-state index contributed by atoms with van der Waals surface area (Å²) in [6, 6.07) is 29.7. The number of carbonyl (C=O) groups excluding carboxylic acids is 1. The van der Waals surface area contributed by atoms with E-state index in [2.05, 4.69) is 84.9 Å². The Morgan fingerprint density at radius 3 is 1.50 bits per heavy atom. The van der Waals surface area contributed by atoms with Crippen LogP contribution in [0.25, 0.3) is 21.5 Å². The molecule has 0 radical (unpaired) electrons. The molecule has 4 aromatic carbocycles. The third-order valence-corrected chi connectivity index (χ3v) is 5.48. The van der Waals surface area contributed by atoms with Crippen molar-refractivity contribution in [3.8, 4) is 0 Å². The van der Waals surface area contributed by atoms with Gasteiger partial charge in [-0.15, -0.1) is 0 Å². The second-order valence-electron chi connectivity index (χ2n) is 7.56. The van der Waals surface area contributed by atoms with Crippen LogP contribution in [-0.2, 0) is 17.6 Å². The average molecular weight is 391 g/mol. The van der Waals surface area contributed by atoms with Gasteiger partial charge in [-0.3, -0.25) is 4.79 Å². The van der Waals surface area contributed by atoms with Crippen molar-refractivity contribution in [2.24, 2.45) is 0 Å². The molecular formula is C29H26O. The highest BCUT2D eigenvalue weighted by molar-refractivity contribution is 5.99. The maximum Gasteiger partial charge on any atom is 0.177 e. The Hall–Kier alpha value is -3.45. The fourth-order valence-corrected chi connectivity index (χ4v) is 3.95. The number of benzene rings is 4. The maximum atomic E-state index is 12.1. The number of rotatable bonds is 8. The molecule has 0 heterocycles. The quantitative estimate of drug-likeness (QED) is 0.290. The topological polar surface area (TPSA) is 17.1 Å². The zero-order chi connectivity index (χ0) is 20.6. The molecule has 0 aromatic heterocycles. The predicted octanol–water partition coefficient (Wildman–Crippen LogP) is 7.24. The lowest BCUT2D eigenvalue weighted by atomic mass is 10.0. The summed E-state index contributed by atoms with van der Waals surface area (Å²) in [5.74, 6) is 0.0610. The normalized spacial score (nSPS) is 11.7. The number of hydrogen-bond acceptors (Lipinski definition) is 1. The van der Waals surface area contributed by atoms with Gasteiger partial charge in [0.05, 0.1) is 0 Å². The summed E-state index contributed by atoms with van der Waals surface area (Å²) < 4.78 is 0. The van der Waals surface area contributed by atoms with Crippen LogP contribution in [0.5, 0.6) is 0 Å². The molecule has 4 aromatic rings. The monoisotopic (exact) mass is 390 g/mol. The van der Waals surface area contributed by atoms with Gasteiger partial charge in [0.15, 0.2) is 5.78 Å². The highest BCUT2D eigenvalue weighted by atomic mass is 16.1. The molecule has 0 saturated heterocycles. The van der Waals surface area contributed by atoms with E-state index >= 15 is 0 Å². The summed E-state index contributed by atoms with van der Waals surface area (Å²) in [6.45, 7) is 0. The lowest BCUT2D eigenvalue weighted by Gasteiger charge is -2.04. The molecule has 1 nitrogen and oxygen atoms in total. The van der Waals surface area contributed by atoms with E-state index in [1.165, 1.54) is 32.7 Å². The zero-order valence-corrected chi connectivity index (χ0v) is 17.1. The molecule has 0 N–H and O–H groups in total. The molecule has 1 heteroatoms. The zero-order valence-electron chi connectivity index (χ0n) is 17.1. The Bertz CT molecular complexity index is 1110. The van der Waals surface area contributed by atoms with E-state index < -0.39 is 0 Å². The minimum Gasteiger partial charge on any atom is -0.290 e. The molecule has 0 saturated carbocycles. The Morgan fingerprint density at radius 1 is 0.567 bits per heavy atom. The number of aryl methyl sites for hydroxylation is 2. The van der Waals surface area contributed by atoms with E-state index in [1.54, 1.807) is 12.2 Å². The summed E-state index contributed by atoms with van der Waals surface area (Å²) in [4.78, 5) is 12.1. The van der Waals surface area contributed by atoms with Gasteiger partial charge >= 0.3 is 0 Å². The van der Waals surface area contributed by atoms with Gasteiger partial charge < -0.3 is 0 Å². The largest absolute Gasteiger partial charge is 0.290 e. The average Bonchev–Trinajstić information content (AvgIpc) is 2.79. The summed E-state index contributed by atoms with van der Waals surface area (Å²) >= 11 is 0. The maximum absolute atomic E-state index is 12.1. The Balaban J connectivity index is 1.27. The van der Waals surface area contributed by atoms with Crippen LogP contribution < -0.4 is 0 Å². The van der Waals surface area contributed by atoms with Gasteiger partial charge in [-0.2, -0.15) is 0 Å². The lowest BCUT2D eigenvalue weighted by Crippen LogP contribution is -1.89. The second-order valence-corrected chi connectivity index (χ2v) is 7.56. The number of carbonyl (C=O) groups is 1. The van der Waals surface area contributed by atoms with Crippen LogP contribution in [0, 0.1) is 0 Å². The van der Waals surface area contributed by atoms with Gasteiger partial charge in [0.2, 0.25) is 0 Å². The molecule has 0 bridgehead atoms. The number of hydrogen-bond donors (Lipinski definition) is 0. The molecule has 0 aliphatic carbocycles. The standard InChI is InChI=1S/C29H26O/c30-27(19-5-1-11-23-15-9-17-25-13-3-7-21-28(23)25)20-6-2-12-24-16-10-18-26-14-4-8-22-29(24)26/h3-10,13-22H,1-2,11-12H2.